The molecule has 3 unspecified atom stereocenters. The highest BCUT2D eigenvalue weighted by Gasteiger charge is 2.27. The van der Waals surface area contributed by atoms with Crippen molar-refractivity contribution in [3.05, 3.63) is 29.3 Å². The van der Waals surface area contributed by atoms with Crippen molar-refractivity contribution in [2.75, 3.05) is 6.61 Å². The average molecular weight is 260 g/mol. The summed E-state index contributed by atoms with van der Waals surface area (Å²) in [7, 11) is 0. The number of ether oxygens (including phenoxy) is 1. The Labute approximate surface area is 115 Å². The number of fused-ring (bicyclic) bond motifs is 1. The van der Waals surface area contributed by atoms with Gasteiger partial charge in [-0.3, -0.25) is 0 Å². The normalized spacial score (nSPS) is 27.1. The summed E-state index contributed by atoms with van der Waals surface area (Å²) in [4.78, 5) is 0. The van der Waals surface area contributed by atoms with E-state index in [1.54, 1.807) is 0 Å². The molecule has 1 saturated carbocycles. The summed E-state index contributed by atoms with van der Waals surface area (Å²) in [5, 5.41) is 10.3. The predicted octanol–water partition coefficient (Wildman–Crippen LogP) is 3.35. The Kier molecular flexibility index (Phi) is 3.79. The molecular formula is C17H24O2. The van der Waals surface area contributed by atoms with Gasteiger partial charge in [-0.2, -0.15) is 0 Å². The number of hydrogen-bond acceptors (Lipinski definition) is 2. The molecular weight excluding hydrogens is 236 g/mol. The van der Waals surface area contributed by atoms with E-state index in [2.05, 4.69) is 25.1 Å². The van der Waals surface area contributed by atoms with Crippen molar-refractivity contribution in [3.63, 3.8) is 0 Å². The zero-order valence-electron chi connectivity index (χ0n) is 11.8. The molecule has 1 aromatic carbocycles. The first-order chi connectivity index (χ1) is 9.22. The minimum Gasteiger partial charge on any atom is -0.493 e. The van der Waals surface area contributed by atoms with Crippen molar-refractivity contribution < 1.29 is 9.84 Å². The summed E-state index contributed by atoms with van der Waals surface area (Å²) in [5.41, 5.74) is 2.68. The number of rotatable bonds is 4. The number of aryl methyl sites for hydroxylation is 1. The van der Waals surface area contributed by atoms with E-state index in [1.165, 1.54) is 30.4 Å². The van der Waals surface area contributed by atoms with Crippen molar-refractivity contribution in [1.82, 2.24) is 0 Å². The Morgan fingerprint density at radius 2 is 2.26 bits per heavy atom. The van der Waals surface area contributed by atoms with Gasteiger partial charge in [0.1, 0.15) is 5.75 Å². The minimum atomic E-state index is -0.116. The van der Waals surface area contributed by atoms with E-state index in [1.807, 2.05) is 0 Å². The zero-order valence-corrected chi connectivity index (χ0v) is 11.8. The number of benzene rings is 1. The molecule has 1 aliphatic carbocycles. The SMILES string of the molecule is CC1CCC(C(O)CCc2ccc3c(c2)CCO3)C1. The molecule has 0 radical (unpaired) electrons. The van der Waals surface area contributed by atoms with Crippen LogP contribution in [-0.4, -0.2) is 17.8 Å². The highest BCUT2D eigenvalue weighted by atomic mass is 16.5. The molecule has 104 valence electrons. The highest BCUT2D eigenvalue weighted by molar-refractivity contribution is 5.39. The van der Waals surface area contributed by atoms with Gasteiger partial charge in [0.05, 0.1) is 12.7 Å². The molecule has 1 fully saturated rings. The van der Waals surface area contributed by atoms with Crippen molar-refractivity contribution in [1.29, 1.82) is 0 Å². The summed E-state index contributed by atoms with van der Waals surface area (Å²) in [6, 6.07) is 6.49. The van der Waals surface area contributed by atoms with Crippen LogP contribution >= 0.6 is 0 Å². The van der Waals surface area contributed by atoms with E-state index in [4.69, 9.17) is 4.74 Å². The van der Waals surface area contributed by atoms with Crippen LogP contribution < -0.4 is 4.74 Å². The van der Waals surface area contributed by atoms with Crippen LogP contribution in [0.3, 0.4) is 0 Å². The molecule has 3 atom stereocenters. The van der Waals surface area contributed by atoms with Crippen LogP contribution in [0.2, 0.25) is 0 Å². The highest BCUT2D eigenvalue weighted by Crippen LogP contribution is 2.34. The molecule has 0 spiro atoms. The number of aliphatic hydroxyl groups is 1. The molecule has 2 heteroatoms. The van der Waals surface area contributed by atoms with E-state index in [-0.39, 0.29) is 6.10 Å². The van der Waals surface area contributed by atoms with E-state index < -0.39 is 0 Å². The molecule has 1 heterocycles. The molecule has 2 aliphatic rings. The molecule has 0 saturated heterocycles. The van der Waals surface area contributed by atoms with Gasteiger partial charge in [-0.25, -0.2) is 0 Å². The van der Waals surface area contributed by atoms with Crippen molar-refractivity contribution in [2.24, 2.45) is 11.8 Å². The van der Waals surface area contributed by atoms with Crippen LogP contribution in [0.5, 0.6) is 5.75 Å². The summed E-state index contributed by atoms with van der Waals surface area (Å²) in [5.74, 6) is 2.39. The van der Waals surface area contributed by atoms with Gasteiger partial charge < -0.3 is 9.84 Å². The van der Waals surface area contributed by atoms with Crippen LogP contribution in [0.25, 0.3) is 0 Å². The van der Waals surface area contributed by atoms with Gasteiger partial charge in [-0.05, 0) is 54.7 Å². The summed E-state index contributed by atoms with van der Waals surface area (Å²) in [6.45, 7) is 3.12. The van der Waals surface area contributed by atoms with Crippen molar-refractivity contribution >= 4 is 0 Å². The largest absolute Gasteiger partial charge is 0.493 e. The lowest BCUT2D eigenvalue weighted by Gasteiger charge is -2.18. The van der Waals surface area contributed by atoms with E-state index in [9.17, 15) is 5.11 Å². The molecule has 3 rings (SSSR count). The van der Waals surface area contributed by atoms with Gasteiger partial charge in [0.15, 0.2) is 0 Å². The Balaban J connectivity index is 1.54. The second-order valence-corrected chi connectivity index (χ2v) is 6.32. The quantitative estimate of drug-likeness (QED) is 0.899. The topological polar surface area (TPSA) is 29.5 Å². The van der Waals surface area contributed by atoms with Crippen molar-refractivity contribution in [3.8, 4) is 5.75 Å². The molecule has 0 aromatic heterocycles. The third kappa shape index (κ3) is 2.94. The lowest BCUT2D eigenvalue weighted by molar-refractivity contribution is 0.100. The first-order valence-electron chi connectivity index (χ1n) is 7.65. The Bertz CT molecular complexity index is 441. The van der Waals surface area contributed by atoms with Gasteiger partial charge in [0.2, 0.25) is 0 Å². The maximum Gasteiger partial charge on any atom is 0.122 e. The number of hydrogen-bond donors (Lipinski definition) is 1. The summed E-state index contributed by atoms with van der Waals surface area (Å²) in [6.07, 6.45) is 6.51. The first-order valence-corrected chi connectivity index (χ1v) is 7.65. The Morgan fingerprint density at radius 1 is 1.37 bits per heavy atom. The lowest BCUT2D eigenvalue weighted by atomic mass is 9.94. The van der Waals surface area contributed by atoms with Gasteiger partial charge in [0, 0.05) is 6.42 Å². The summed E-state index contributed by atoms with van der Waals surface area (Å²) >= 11 is 0. The fourth-order valence-electron chi connectivity index (χ4n) is 3.55. The summed E-state index contributed by atoms with van der Waals surface area (Å²) < 4.78 is 5.52. The fourth-order valence-corrected chi connectivity index (χ4v) is 3.55. The molecule has 19 heavy (non-hydrogen) atoms. The average Bonchev–Trinajstić information content (AvgIpc) is 3.03. The Morgan fingerprint density at radius 3 is 3.05 bits per heavy atom. The van der Waals surface area contributed by atoms with E-state index >= 15 is 0 Å². The minimum absolute atomic E-state index is 0.116. The van der Waals surface area contributed by atoms with Crippen LogP contribution in [-0.2, 0) is 12.8 Å². The van der Waals surface area contributed by atoms with Gasteiger partial charge in [-0.15, -0.1) is 0 Å². The van der Waals surface area contributed by atoms with Gasteiger partial charge in [-0.1, -0.05) is 25.5 Å². The molecule has 0 amide bonds. The monoisotopic (exact) mass is 260 g/mol. The van der Waals surface area contributed by atoms with E-state index in [0.29, 0.717) is 5.92 Å². The van der Waals surface area contributed by atoms with E-state index in [0.717, 1.165) is 37.5 Å². The fraction of sp³-hybridized carbons (Fsp3) is 0.647. The van der Waals surface area contributed by atoms with Crippen LogP contribution in [0.1, 0.15) is 43.7 Å². The third-order valence-electron chi connectivity index (χ3n) is 4.76. The standard InChI is InChI=1S/C17H24O2/c1-12-2-5-14(10-12)16(18)6-3-13-4-7-17-15(11-13)8-9-19-17/h4,7,11-12,14,16,18H,2-3,5-6,8-10H2,1H3. The second-order valence-electron chi connectivity index (χ2n) is 6.32. The van der Waals surface area contributed by atoms with Gasteiger partial charge >= 0.3 is 0 Å². The van der Waals surface area contributed by atoms with Crippen LogP contribution in [0.4, 0.5) is 0 Å². The van der Waals surface area contributed by atoms with Crippen LogP contribution in [0.15, 0.2) is 18.2 Å². The second kappa shape index (κ2) is 5.54. The molecule has 0 bridgehead atoms. The number of aliphatic hydroxyl groups excluding tert-OH is 1. The third-order valence-corrected chi connectivity index (χ3v) is 4.76. The lowest BCUT2D eigenvalue weighted by Crippen LogP contribution is -2.18. The maximum absolute atomic E-state index is 10.3. The molecule has 1 aromatic rings. The van der Waals surface area contributed by atoms with Crippen LogP contribution in [0, 0.1) is 11.8 Å². The molecule has 1 aliphatic heterocycles. The smallest absolute Gasteiger partial charge is 0.122 e. The zero-order chi connectivity index (χ0) is 13.2. The van der Waals surface area contributed by atoms with Gasteiger partial charge in [0.25, 0.3) is 0 Å². The maximum atomic E-state index is 10.3. The molecule has 1 N–H and O–H groups in total. The Hall–Kier alpha value is -1.02. The van der Waals surface area contributed by atoms with Crippen molar-refractivity contribution in [2.45, 2.75) is 51.6 Å². The molecule has 2 nitrogen and oxygen atoms in total. The predicted molar refractivity (Wildman–Crippen MR) is 76.5 cm³/mol. The first kappa shape index (κ1) is 13.0.